The number of hydrogen-bond acceptors (Lipinski definition) is 3. The normalized spacial score (nSPS) is 17.4. The van der Waals surface area contributed by atoms with Gasteiger partial charge in [0.2, 0.25) is 0 Å². The van der Waals surface area contributed by atoms with Crippen LogP contribution < -0.4 is 0 Å². The van der Waals surface area contributed by atoms with Crippen molar-refractivity contribution in [2.75, 3.05) is 6.54 Å². The van der Waals surface area contributed by atoms with Crippen LogP contribution in [0.25, 0.3) is 6.08 Å². The lowest BCUT2D eigenvalue weighted by molar-refractivity contribution is -0.121. The average Bonchev–Trinajstić information content (AvgIpc) is 2.62. The lowest BCUT2D eigenvalue weighted by atomic mass is 10.2. The molecule has 1 aromatic rings. The van der Waals surface area contributed by atoms with Gasteiger partial charge in [-0.3, -0.25) is 9.69 Å². The molecule has 0 aromatic heterocycles. The number of benzene rings is 1. The van der Waals surface area contributed by atoms with Gasteiger partial charge in [-0.15, -0.1) is 6.58 Å². The Balaban J connectivity index is 2.38. The van der Waals surface area contributed by atoms with Gasteiger partial charge in [-0.1, -0.05) is 36.1 Å². The molecule has 1 amide bonds. The van der Waals surface area contributed by atoms with E-state index in [1.165, 1.54) is 23.1 Å². The summed E-state index contributed by atoms with van der Waals surface area (Å²) in [6.07, 6.45) is 2.73. The summed E-state index contributed by atoms with van der Waals surface area (Å²) in [6.45, 7) is 3.81. The fraction of sp³-hybridized carbons (Fsp3) is 0.0769. The van der Waals surface area contributed by atoms with E-state index in [-0.39, 0.29) is 22.9 Å². The van der Waals surface area contributed by atoms with Gasteiger partial charge < -0.3 is 0 Å². The molecule has 0 aliphatic carbocycles. The van der Waals surface area contributed by atoms with E-state index < -0.39 is 11.6 Å². The van der Waals surface area contributed by atoms with E-state index in [9.17, 15) is 13.6 Å². The number of nitrogens with zero attached hydrogens (tertiary/aromatic N) is 1. The summed E-state index contributed by atoms with van der Waals surface area (Å²) >= 11 is 6.06. The number of hydrogen-bond donors (Lipinski definition) is 0. The predicted octanol–water partition coefficient (Wildman–Crippen LogP) is 3.35. The average molecular weight is 297 g/mol. The van der Waals surface area contributed by atoms with Crippen molar-refractivity contribution < 1.29 is 13.6 Å². The van der Waals surface area contributed by atoms with Crippen molar-refractivity contribution in [1.29, 1.82) is 0 Å². The first-order chi connectivity index (χ1) is 9.04. The zero-order valence-electron chi connectivity index (χ0n) is 9.73. The van der Waals surface area contributed by atoms with Gasteiger partial charge in [0.25, 0.3) is 5.91 Å². The number of rotatable bonds is 3. The minimum absolute atomic E-state index is 0.204. The van der Waals surface area contributed by atoms with E-state index in [1.54, 1.807) is 0 Å². The van der Waals surface area contributed by atoms with Crippen molar-refractivity contribution in [1.82, 2.24) is 4.90 Å². The van der Waals surface area contributed by atoms with Crippen LogP contribution >= 0.6 is 24.0 Å². The van der Waals surface area contributed by atoms with Crippen LogP contribution in [0.2, 0.25) is 0 Å². The Morgan fingerprint density at radius 2 is 2.00 bits per heavy atom. The zero-order valence-corrected chi connectivity index (χ0v) is 11.4. The smallest absolute Gasteiger partial charge is 0.266 e. The van der Waals surface area contributed by atoms with Gasteiger partial charge in [0.15, 0.2) is 0 Å². The monoisotopic (exact) mass is 297 g/mol. The molecule has 6 heteroatoms. The second-order valence-corrected chi connectivity index (χ2v) is 5.39. The SMILES string of the molecule is C=CCN1C(=O)/C(=C/c2c(F)cccc2F)SC1=S. The molecule has 0 radical (unpaired) electrons. The maximum Gasteiger partial charge on any atom is 0.266 e. The molecule has 1 heterocycles. The Hall–Kier alpha value is -1.53. The topological polar surface area (TPSA) is 20.3 Å². The van der Waals surface area contributed by atoms with Gasteiger partial charge in [0, 0.05) is 12.1 Å². The van der Waals surface area contributed by atoms with Gasteiger partial charge >= 0.3 is 0 Å². The Morgan fingerprint density at radius 1 is 1.37 bits per heavy atom. The molecule has 2 rings (SSSR count). The highest BCUT2D eigenvalue weighted by atomic mass is 32.2. The quantitative estimate of drug-likeness (QED) is 0.485. The molecule has 98 valence electrons. The molecule has 0 N–H and O–H groups in total. The van der Waals surface area contributed by atoms with Crippen LogP contribution in [0.4, 0.5) is 8.78 Å². The third-order valence-electron chi connectivity index (χ3n) is 2.46. The standard InChI is InChI=1S/C13H9F2NOS2/c1-2-6-16-12(17)11(19-13(16)18)7-8-9(14)4-3-5-10(8)15/h2-5,7H,1,6H2/b11-7-. The van der Waals surface area contributed by atoms with E-state index >= 15 is 0 Å². The lowest BCUT2D eigenvalue weighted by Crippen LogP contribution is -2.27. The Morgan fingerprint density at radius 3 is 2.58 bits per heavy atom. The molecule has 1 aliphatic rings. The molecule has 19 heavy (non-hydrogen) atoms. The molecular weight excluding hydrogens is 288 g/mol. The Kier molecular flexibility index (Phi) is 4.11. The summed E-state index contributed by atoms with van der Waals surface area (Å²) in [4.78, 5) is 13.5. The zero-order chi connectivity index (χ0) is 14.0. The summed E-state index contributed by atoms with van der Waals surface area (Å²) in [5, 5.41) is 0. The number of carbonyl (C=O) groups is 1. The van der Waals surface area contributed by atoms with Gasteiger partial charge in [-0.25, -0.2) is 8.78 Å². The minimum Gasteiger partial charge on any atom is -0.289 e. The van der Waals surface area contributed by atoms with Crippen molar-refractivity contribution in [3.05, 3.63) is 53.0 Å². The molecule has 2 nitrogen and oxygen atoms in total. The fourth-order valence-corrected chi connectivity index (χ4v) is 2.82. The predicted molar refractivity (Wildman–Crippen MR) is 76.4 cm³/mol. The second kappa shape index (κ2) is 5.63. The fourth-order valence-electron chi connectivity index (χ4n) is 1.57. The number of amides is 1. The number of thioether (sulfide) groups is 1. The summed E-state index contributed by atoms with van der Waals surface area (Å²) in [6, 6.07) is 3.55. The van der Waals surface area contributed by atoms with Crippen molar-refractivity contribution in [2.45, 2.75) is 0 Å². The Bertz CT molecular complexity index is 578. The van der Waals surface area contributed by atoms with E-state index in [2.05, 4.69) is 6.58 Å². The molecule has 0 spiro atoms. The highest BCUT2D eigenvalue weighted by Gasteiger charge is 2.31. The third kappa shape index (κ3) is 2.74. The van der Waals surface area contributed by atoms with E-state index in [0.717, 1.165) is 23.9 Å². The first kappa shape index (κ1) is 13.9. The summed E-state index contributed by atoms with van der Waals surface area (Å²) < 4.78 is 27.4. The van der Waals surface area contributed by atoms with Crippen LogP contribution in [0.1, 0.15) is 5.56 Å². The Labute approximate surface area is 118 Å². The second-order valence-electron chi connectivity index (χ2n) is 3.72. The van der Waals surface area contributed by atoms with Crippen LogP contribution in [0, 0.1) is 11.6 Å². The van der Waals surface area contributed by atoms with Crippen molar-refractivity contribution in [2.24, 2.45) is 0 Å². The number of halogens is 2. The maximum atomic E-state index is 13.5. The molecule has 0 saturated carbocycles. The summed E-state index contributed by atoms with van der Waals surface area (Å²) in [5.41, 5.74) is -0.235. The molecule has 0 atom stereocenters. The molecular formula is C13H9F2NOS2. The van der Waals surface area contributed by atoms with E-state index in [4.69, 9.17) is 12.2 Å². The third-order valence-corrected chi connectivity index (χ3v) is 3.84. The van der Waals surface area contributed by atoms with Crippen molar-refractivity contribution >= 4 is 40.3 Å². The minimum atomic E-state index is -0.714. The van der Waals surface area contributed by atoms with Gasteiger partial charge in [-0.05, 0) is 18.2 Å². The number of carbonyl (C=O) groups excluding carboxylic acids is 1. The first-order valence-corrected chi connectivity index (χ1v) is 6.57. The molecule has 1 aromatic carbocycles. The first-order valence-electron chi connectivity index (χ1n) is 5.35. The maximum absolute atomic E-state index is 13.5. The van der Waals surface area contributed by atoms with E-state index in [0.29, 0.717) is 4.32 Å². The highest BCUT2D eigenvalue weighted by molar-refractivity contribution is 8.26. The van der Waals surface area contributed by atoms with Gasteiger partial charge in [0.05, 0.1) is 4.91 Å². The van der Waals surface area contributed by atoms with Crippen LogP contribution in [-0.2, 0) is 4.79 Å². The molecule has 1 fully saturated rings. The molecule has 0 unspecified atom stereocenters. The summed E-state index contributed by atoms with van der Waals surface area (Å²) in [5.74, 6) is -1.79. The summed E-state index contributed by atoms with van der Waals surface area (Å²) in [7, 11) is 0. The molecule has 1 aliphatic heterocycles. The van der Waals surface area contributed by atoms with Gasteiger partial charge in [0.1, 0.15) is 16.0 Å². The van der Waals surface area contributed by atoms with Crippen LogP contribution in [-0.4, -0.2) is 21.7 Å². The molecule has 1 saturated heterocycles. The van der Waals surface area contributed by atoms with Gasteiger partial charge in [-0.2, -0.15) is 0 Å². The van der Waals surface area contributed by atoms with Crippen molar-refractivity contribution in [3.8, 4) is 0 Å². The van der Waals surface area contributed by atoms with E-state index in [1.807, 2.05) is 0 Å². The van der Waals surface area contributed by atoms with Crippen molar-refractivity contribution in [3.63, 3.8) is 0 Å². The van der Waals surface area contributed by atoms with Crippen LogP contribution in [0.5, 0.6) is 0 Å². The number of thiocarbonyl (C=S) groups is 1. The van der Waals surface area contributed by atoms with Crippen LogP contribution in [0.15, 0.2) is 35.8 Å². The highest BCUT2D eigenvalue weighted by Crippen LogP contribution is 2.33. The largest absolute Gasteiger partial charge is 0.289 e. The molecule has 0 bridgehead atoms. The van der Waals surface area contributed by atoms with Crippen LogP contribution in [0.3, 0.4) is 0 Å². The lowest BCUT2D eigenvalue weighted by Gasteiger charge is -2.10.